The number of anilines is 1. The molecule has 2 fully saturated rings. The number of ether oxygens (including phenoxy) is 1. The predicted molar refractivity (Wildman–Crippen MR) is 158 cm³/mol. The molecule has 0 radical (unpaired) electrons. The van der Waals surface area contributed by atoms with Crippen LogP contribution in [0.5, 0.6) is 5.75 Å². The normalized spacial score (nSPS) is 20.7. The molecular weight excluding hydrogens is 603 g/mol. The van der Waals surface area contributed by atoms with E-state index in [2.05, 4.69) is 5.32 Å². The standard InChI is InChI=1S/C30H30ClFN2O6S2/c1-40-23-3-2-4-24(17-23)42(38,39)34-27-10-8-20(29(35)33-18-21-7-9-22(32)16-26(21)31)15-25(27)30(28(34)19-5-6-19)11-13-41(36,37)14-12-30/h2-4,7-10,15-17,19,28H,5-6,11-14,18H2,1H3,(H,33,35). The summed E-state index contributed by atoms with van der Waals surface area (Å²) in [6.45, 7) is 0.0689. The summed E-state index contributed by atoms with van der Waals surface area (Å²) in [4.78, 5) is 13.4. The summed E-state index contributed by atoms with van der Waals surface area (Å²) in [5.41, 5.74) is 1.24. The highest BCUT2D eigenvalue weighted by Crippen LogP contribution is 2.59. The smallest absolute Gasteiger partial charge is 0.264 e. The van der Waals surface area contributed by atoms with Crippen molar-refractivity contribution < 1.29 is 30.8 Å². The van der Waals surface area contributed by atoms with E-state index >= 15 is 0 Å². The molecular formula is C30H30ClFN2O6S2. The van der Waals surface area contributed by atoms with E-state index in [1.165, 1.54) is 41.7 Å². The monoisotopic (exact) mass is 632 g/mol. The van der Waals surface area contributed by atoms with E-state index in [0.717, 1.165) is 12.8 Å². The Morgan fingerprint density at radius 3 is 2.50 bits per heavy atom. The van der Waals surface area contributed by atoms with E-state index in [0.29, 0.717) is 28.1 Å². The number of rotatable bonds is 7. The Kier molecular flexibility index (Phi) is 7.26. The highest BCUT2D eigenvalue weighted by molar-refractivity contribution is 7.93. The number of benzene rings is 3. The van der Waals surface area contributed by atoms with Gasteiger partial charge in [0.15, 0.2) is 0 Å². The molecule has 42 heavy (non-hydrogen) atoms. The maximum absolute atomic E-state index is 14.3. The highest BCUT2D eigenvalue weighted by atomic mass is 35.5. The van der Waals surface area contributed by atoms with Crippen LogP contribution in [-0.4, -0.2) is 47.4 Å². The van der Waals surface area contributed by atoms with E-state index in [4.69, 9.17) is 16.3 Å². The van der Waals surface area contributed by atoms with E-state index in [1.807, 2.05) is 0 Å². The van der Waals surface area contributed by atoms with Crippen LogP contribution in [0.4, 0.5) is 10.1 Å². The lowest BCUT2D eigenvalue weighted by Crippen LogP contribution is -2.52. The Balaban J connectivity index is 1.42. The molecule has 222 valence electrons. The number of nitrogens with one attached hydrogen (secondary N) is 1. The summed E-state index contributed by atoms with van der Waals surface area (Å²) in [5.74, 6) is -0.521. The van der Waals surface area contributed by atoms with Crippen molar-refractivity contribution in [3.63, 3.8) is 0 Å². The quantitative estimate of drug-likeness (QED) is 0.399. The average Bonchev–Trinajstić information content (AvgIpc) is 3.77. The van der Waals surface area contributed by atoms with Crippen molar-refractivity contribution in [2.75, 3.05) is 22.9 Å². The Bertz CT molecular complexity index is 1780. The van der Waals surface area contributed by atoms with Crippen LogP contribution in [0, 0.1) is 11.7 Å². The Hall–Kier alpha value is -3.15. The molecule has 12 heteroatoms. The number of carbonyl (C=O) groups is 1. The average molecular weight is 633 g/mol. The summed E-state index contributed by atoms with van der Waals surface area (Å²) in [7, 11) is -5.87. The number of amides is 1. The van der Waals surface area contributed by atoms with Gasteiger partial charge in [0.25, 0.3) is 15.9 Å². The van der Waals surface area contributed by atoms with Gasteiger partial charge in [0, 0.05) is 28.6 Å². The van der Waals surface area contributed by atoms with Crippen LogP contribution >= 0.6 is 11.6 Å². The minimum atomic E-state index is -4.07. The van der Waals surface area contributed by atoms with Gasteiger partial charge in [-0.1, -0.05) is 23.7 Å². The molecule has 2 aliphatic heterocycles. The predicted octanol–water partition coefficient (Wildman–Crippen LogP) is 4.85. The molecule has 1 N–H and O–H groups in total. The zero-order valence-electron chi connectivity index (χ0n) is 22.8. The molecule has 1 saturated carbocycles. The maximum Gasteiger partial charge on any atom is 0.264 e. The molecule has 3 aromatic carbocycles. The molecule has 1 saturated heterocycles. The van der Waals surface area contributed by atoms with Gasteiger partial charge in [-0.25, -0.2) is 21.2 Å². The minimum absolute atomic E-state index is 0.0534. The van der Waals surface area contributed by atoms with Gasteiger partial charge in [0.2, 0.25) is 0 Å². The summed E-state index contributed by atoms with van der Waals surface area (Å²) >= 11 is 6.13. The number of hydrogen-bond donors (Lipinski definition) is 1. The van der Waals surface area contributed by atoms with Crippen LogP contribution in [0.25, 0.3) is 0 Å². The van der Waals surface area contributed by atoms with Crippen molar-refractivity contribution >= 4 is 43.1 Å². The molecule has 8 nitrogen and oxygen atoms in total. The van der Waals surface area contributed by atoms with Gasteiger partial charge >= 0.3 is 0 Å². The zero-order chi connectivity index (χ0) is 29.9. The van der Waals surface area contributed by atoms with Crippen molar-refractivity contribution in [1.82, 2.24) is 5.32 Å². The number of sulfonamides is 1. The number of halogens is 2. The molecule has 1 spiro atoms. The Labute approximate surface area is 249 Å². The molecule has 1 atom stereocenters. The van der Waals surface area contributed by atoms with Crippen molar-refractivity contribution in [3.8, 4) is 5.75 Å². The van der Waals surface area contributed by atoms with Crippen LogP contribution in [0.15, 0.2) is 65.6 Å². The van der Waals surface area contributed by atoms with E-state index in [1.54, 1.807) is 30.3 Å². The number of carbonyl (C=O) groups excluding carboxylic acids is 1. The third-order valence-corrected chi connectivity index (χ3v) is 12.5. The lowest BCUT2D eigenvalue weighted by atomic mass is 9.70. The highest BCUT2D eigenvalue weighted by Gasteiger charge is 2.60. The number of methoxy groups -OCH3 is 1. The SMILES string of the molecule is COc1cccc(S(=O)(=O)N2c3ccc(C(=O)NCc4ccc(F)cc4Cl)cc3C3(CCS(=O)(=O)CC3)C2C2CC2)c1. The molecule has 6 rings (SSSR count). The fraction of sp³-hybridized carbons (Fsp3) is 0.367. The molecule has 0 aromatic heterocycles. The van der Waals surface area contributed by atoms with Gasteiger partial charge in [-0.2, -0.15) is 0 Å². The van der Waals surface area contributed by atoms with Gasteiger partial charge in [-0.3, -0.25) is 9.10 Å². The molecule has 0 bridgehead atoms. The lowest BCUT2D eigenvalue weighted by molar-refractivity contribution is 0.0950. The second-order valence-corrected chi connectivity index (χ2v) is 15.7. The maximum atomic E-state index is 14.3. The summed E-state index contributed by atoms with van der Waals surface area (Å²) < 4.78 is 74.0. The van der Waals surface area contributed by atoms with E-state index in [9.17, 15) is 26.0 Å². The van der Waals surface area contributed by atoms with Crippen LogP contribution in [0.3, 0.4) is 0 Å². The molecule has 1 amide bonds. The van der Waals surface area contributed by atoms with Crippen LogP contribution in [-0.2, 0) is 31.8 Å². The first-order valence-electron chi connectivity index (χ1n) is 13.7. The van der Waals surface area contributed by atoms with Gasteiger partial charge in [-0.05, 0) is 85.2 Å². The van der Waals surface area contributed by atoms with E-state index in [-0.39, 0.29) is 46.7 Å². The van der Waals surface area contributed by atoms with Crippen molar-refractivity contribution in [3.05, 3.63) is 88.2 Å². The van der Waals surface area contributed by atoms with Gasteiger partial charge in [-0.15, -0.1) is 0 Å². The third-order valence-electron chi connectivity index (χ3n) is 8.69. The summed E-state index contributed by atoms with van der Waals surface area (Å²) in [6, 6.07) is 14.7. The van der Waals surface area contributed by atoms with E-state index < -0.39 is 43.0 Å². The largest absolute Gasteiger partial charge is 0.497 e. The van der Waals surface area contributed by atoms with Crippen molar-refractivity contribution in [2.24, 2.45) is 5.92 Å². The summed E-state index contributed by atoms with van der Waals surface area (Å²) in [6.07, 6.45) is 2.21. The molecule has 2 heterocycles. The van der Waals surface area contributed by atoms with Crippen LogP contribution < -0.4 is 14.4 Å². The fourth-order valence-corrected chi connectivity index (χ4v) is 10.0. The second kappa shape index (κ2) is 10.5. The third kappa shape index (κ3) is 5.05. The molecule has 3 aromatic rings. The first kappa shape index (κ1) is 28.9. The fourth-order valence-electron chi connectivity index (χ4n) is 6.42. The number of sulfone groups is 1. The second-order valence-electron chi connectivity index (χ2n) is 11.2. The molecule has 1 aliphatic carbocycles. The summed E-state index contributed by atoms with van der Waals surface area (Å²) in [5, 5.41) is 3.00. The lowest BCUT2D eigenvalue weighted by Gasteiger charge is -2.41. The van der Waals surface area contributed by atoms with Gasteiger partial charge in [0.1, 0.15) is 21.4 Å². The van der Waals surface area contributed by atoms with Gasteiger partial charge in [0.05, 0.1) is 35.2 Å². The van der Waals surface area contributed by atoms with Crippen LogP contribution in [0.1, 0.15) is 47.2 Å². The van der Waals surface area contributed by atoms with Gasteiger partial charge < -0.3 is 10.1 Å². The number of fused-ring (bicyclic) bond motifs is 2. The topological polar surface area (TPSA) is 110 Å². The first-order chi connectivity index (χ1) is 19.9. The Morgan fingerprint density at radius 2 is 1.83 bits per heavy atom. The molecule has 3 aliphatic rings. The number of hydrogen-bond acceptors (Lipinski definition) is 6. The van der Waals surface area contributed by atoms with Crippen molar-refractivity contribution in [1.29, 1.82) is 0 Å². The Morgan fingerprint density at radius 1 is 1.10 bits per heavy atom. The first-order valence-corrected chi connectivity index (χ1v) is 17.3. The van der Waals surface area contributed by atoms with Crippen molar-refractivity contribution in [2.45, 2.75) is 48.6 Å². The van der Waals surface area contributed by atoms with Crippen LogP contribution in [0.2, 0.25) is 5.02 Å². The molecule has 1 unspecified atom stereocenters. The number of nitrogens with zero attached hydrogens (tertiary/aromatic N) is 1. The minimum Gasteiger partial charge on any atom is -0.497 e. The zero-order valence-corrected chi connectivity index (χ0v) is 25.2.